The normalized spacial score (nSPS) is 10.0. The van der Waals surface area contributed by atoms with Gasteiger partial charge in [-0.05, 0) is 30.5 Å². The topological polar surface area (TPSA) is 29.5 Å². The highest BCUT2D eigenvalue weighted by Gasteiger charge is 1.95. The summed E-state index contributed by atoms with van der Waals surface area (Å²) >= 11 is 0. The van der Waals surface area contributed by atoms with Crippen molar-refractivity contribution in [2.75, 3.05) is 6.79 Å². The van der Waals surface area contributed by atoms with E-state index >= 15 is 0 Å². The molecular formula is C11H16O2. The van der Waals surface area contributed by atoms with Gasteiger partial charge in [-0.2, -0.15) is 0 Å². The third-order valence-electron chi connectivity index (χ3n) is 1.95. The van der Waals surface area contributed by atoms with Crippen LogP contribution in [0.3, 0.4) is 0 Å². The number of benzene rings is 1. The number of aliphatic hydroxyl groups is 1. The molecule has 1 N–H and O–H groups in total. The molecule has 0 heterocycles. The molecule has 13 heavy (non-hydrogen) atoms. The summed E-state index contributed by atoms with van der Waals surface area (Å²) in [4.78, 5) is 0. The van der Waals surface area contributed by atoms with Gasteiger partial charge in [0.25, 0.3) is 0 Å². The van der Waals surface area contributed by atoms with Gasteiger partial charge < -0.3 is 9.84 Å². The largest absolute Gasteiger partial charge is 0.468 e. The predicted octanol–water partition coefficient (Wildman–Crippen LogP) is 2.36. The third-order valence-corrected chi connectivity index (χ3v) is 1.95. The van der Waals surface area contributed by atoms with Crippen molar-refractivity contribution in [2.45, 2.75) is 26.2 Å². The van der Waals surface area contributed by atoms with Crippen molar-refractivity contribution in [3.05, 3.63) is 29.8 Å². The van der Waals surface area contributed by atoms with Gasteiger partial charge in [-0.25, -0.2) is 0 Å². The summed E-state index contributed by atoms with van der Waals surface area (Å²) in [6, 6.07) is 7.87. The second-order valence-corrected chi connectivity index (χ2v) is 3.02. The summed E-state index contributed by atoms with van der Waals surface area (Å²) in [5.41, 5.74) is 1.27. The molecule has 0 saturated carbocycles. The van der Waals surface area contributed by atoms with Crippen LogP contribution in [-0.2, 0) is 6.42 Å². The molecule has 0 amide bonds. The Morgan fingerprint density at radius 2 is 2.23 bits per heavy atom. The summed E-state index contributed by atoms with van der Waals surface area (Å²) in [5, 5.41) is 8.56. The molecule has 0 aromatic heterocycles. The third kappa shape index (κ3) is 3.47. The van der Waals surface area contributed by atoms with Crippen LogP contribution in [-0.4, -0.2) is 11.9 Å². The lowest BCUT2D eigenvalue weighted by atomic mass is 10.1. The average Bonchev–Trinajstić information content (AvgIpc) is 2.16. The first-order valence-corrected chi connectivity index (χ1v) is 4.69. The second kappa shape index (κ2) is 5.60. The SMILES string of the molecule is CCCCc1cccc(OCO)c1. The standard InChI is InChI=1S/C11H16O2/c1-2-3-5-10-6-4-7-11(8-10)13-9-12/h4,6-8,12H,2-3,5,9H2,1H3. The van der Waals surface area contributed by atoms with E-state index in [0.717, 1.165) is 12.2 Å². The van der Waals surface area contributed by atoms with Crippen LogP contribution >= 0.6 is 0 Å². The van der Waals surface area contributed by atoms with E-state index in [9.17, 15) is 0 Å². The van der Waals surface area contributed by atoms with Gasteiger partial charge in [0.2, 0.25) is 0 Å². The monoisotopic (exact) mass is 180 g/mol. The van der Waals surface area contributed by atoms with Crippen LogP contribution in [0.5, 0.6) is 5.75 Å². The number of rotatable bonds is 5. The summed E-state index contributed by atoms with van der Waals surface area (Å²) < 4.78 is 4.98. The quantitative estimate of drug-likeness (QED) is 0.705. The Bertz CT molecular complexity index is 246. The fourth-order valence-corrected chi connectivity index (χ4v) is 1.25. The summed E-state index contributed by atoms with van der Waals surface area (Å²) in [6.45, 7) is 1.92. The van der Waals surface area contributed by atoms with E-state index in [4.69, 9.17) is 9.84 Å². The van der Waals surface area contributed by atoms with Crippen molar-refractivity contribution in [3.63, 3.8) is 0 Å². The Morgan fingerprint density at radius 3 is 2.92 bits per heavy atom. The van der Waals surface area contributed by atoms with E-state index in [2.05, 4.69) is 13.0 Å². The number of aliphatic hydroxyl groups excluding tert-OH is 1. The predicted molar refractivity (Wildman–Crippen MR) is 52.8 cm³/mol. The zero-order valence-electron chi connectivity index (χ0n) is 7.99. The van der Waals surface area contributed by atoms with Gasteiger partial charge >= 0.3 is 0 Å². The van der Waals surface area contributed by atoms with Crippen LogP contribution in [0.2, 0.25) is 0 Å². The van der Waals surface area contributed by atoms with Crippen molar-refractivity contribution in [1.82, 2.24) is 0 Å². The molecule has 0 atom stereocenters. The zero-order chi connectivity index (χ0) is 9.52. The zero-order valence-corrected chi connectivity index (χ0v) is 7.99. The molecule has 1 aromatic carbocycles. The minimum Gasteiger partial charge on any atom is -0.468 e. The highest BCUT2D eigenvalue weighted by Crippen LogP contribution is 2.14. The van der Waals surface area contributed by atoms with Crippen molar-refractivity contribution in [2.24, 2.45) is 0 Å². The van der Waals surface area contributed by atoms with Gasteiger partial charge in [-0.1, -0.05) is 25.5 Å². The molecule has 0 saturated heterocycles. The van der Waals surface area contributed by atoms with Gasteiger partial charge in [0.15, 0.2) is 6.79 Å². The molecule has 2 nitrogen and oxygen atoms in total. The molecule has 0 radical (unpaired) electrons. The minimum absolute atomic E-state index is 0.253. The lowest BCUT2D eigenvalue weighted by molar-refractivity contribution is 0.0985. The van der Waals surface area contributed by atoms with Crippen molar-refractivity contribution in [3.8, 4) is 5.75 Å². The van der Waals surface area contributed by atoms with Gasteiger partial charge in [0.05, 0.1) is 0 Å². The molecule has 2 heteroatoms. The number of hydrogen-bond donors (Lipinski definition) is 1. The Morgan fingerprint density at radius 1 is 1.38 bits per heavy atom. The first-order valence-electron chi connectivity index (χ1n) is 4.69. The molecule has 1 rings (SSSR count). The maximum Gasteiger partial charge on any atom is 0.186 e. The van der Waals surface area contributed by atoms with Crippen LogP contribution in [0, 0.1) is 0 Å². The van der Waals surface area contributed by atoms with E-state index in [-0.39, 0.29) is 6.79 Å². The molecule has 72 valence electrons. The molecule has 0 aliphatic carbocycles. The Balaban J connectivity index is 2.56. The van der Waals surface area contributed by atoms with E-state index < -0.39 is 0 Å². The average molecular weight is 180 g/mol. The fraction of sp³-hybridized carbons (Fsp3) is 0.455. The van der Waals surface area contributed by atoms with Gasteiger partial charge in [-0.15, -0.1) is 0 Å². The van der Waals surface area contributed by atoms with Gasteiger partial charge in [-0.3, -0.25) is 0 Å². The highest BCUT2D eigenvalue weighted by molar-refractivity contribution is 5.28. The Hall–Kier alpha value is -1.02. The lowest BCUT2D eigenvalue weighted by Gasteiger charge is -2.04. The fourth-order valence-electron chi connectivity index (χ4n) is 1.25. The summed E-state index contributed by atoms with van der Waals surface area (Å²) in [7, 11) is 0. The molecule has 0 spiro atoms. The lowest BCUT2D eigenvalue weighted by Crippen LogP contribution is -1.95. The Labute approximate surface area is 79.2 Å². The summed E-state index contributed by atoms with van der Waals surface area (Å²) in [6.07, 6.45) is 3.48. The first-order chi connectivity index (χ1) is 6.36. The summed E-state index contributed by atoms with van der Waals surface area (Å²) in [5.74, 6) is 0.746. The molecule has 0 fully saturated rings. The number of ether oxygens (including phenoxy) is 1. The maximum absolute atomic E-state index is 8.56. The molecule has 0 bridgehead atoms. The molecule has 1 aromatic rings. The van der Waals surface area contributed by atoms with Crippen molar-refractivity contribution >= 4 is 0 Å². The first kappa shape index (κ1) is 10.1. The molecular weight excluding hydrogens is 164 g/mol. The van der Waals surface area contributed by atoms with Gasteiger partial charge in [0.1, 0.15) is 5.75 Å². The van der Waals surface area contributed by atoms with Crippen molar-refractivity contribution in [1.29, 1.82) is 0 Å². The van der Waals surface area contributed by atoms with Crippen LogP contribution in [0.4, 0.5) is 0 Å². The second-order valence-electron chi connectivity index (χ2n) is 3.02. The van der Waals surface area contributed by atoms with E-state index in [0.29, 0.717) is 0 Å². The molecule has 0 unspecified atom stereocenters. The minimum atomic E-state index is -0.253. The molecule has 0 aliphatic rings. The van der Waals surface area contributed by atoms with Crippen LogP contribution < -0.4 is 4.74 Å². The van der Waals surface area contributed by atoms with Crippen LogP contribution in [0.15, 0.2) is 24.3 Å². The highest BCUT2D eigenvalue weighted by atomic mass is 16.6. The smallest absolute Gasteiger partial charge is 0.186 e. The van der Waals surface area contributed by atoms with Crippen LogP contribution in [0.25, 0.3) is 0 Å². The van der Waals surface area contributed by atoms with E-state index in [1.54, 1.807) is 0 Å². The van der Waals surface area contributed by atoms with E-state index in [1.807, 2.05) is 18.2 Å². The van der Waals surface area contributed by atoms with Crippen LogP contribution in [0.1, 0.15) is 25.3 Å². The number of hydrogen-bond acceptors (Lipinski definition) is 2. The Kier molecular flexibility index (Phi) is 4.33. The maximum atomic E-state index is 8.56. The van der Waals surface area contributed by atoms with Gasteiger partial charge in [0, 0.05) is 0 Å². The van der Waals surface area contributed by atoms with E-state index in [1.165, 1.54) is 18.4 Å². The van der Waals surface area contributed by atoms with Crippen molar-refractivity contribution < 1.29 is 9.84 Å². The molecule has 0 aliphatic heterocycles. The number of aryl methyl sites for hydroxylation is 1. The number of unbranched alkanes of at least 4 members (excludes halogenated alkanes) is 1.